The van der Waals surface area contributed by atoms with E-state index in [0.29, 0.717) is 24.5 Å². The number of ether oxygens (including phenoxy) is 1. The molecular weight excluding hydrogens is 330 g/mol. The number of hydrogen-bond donors (Lipinski definition) is 1. The van der Waals surface area contributed by atoms with E-state index >= 15 is 0 Å². The summed E-state index contributed by atoms with van der Waals surface area (Å²) < 4.78 is 7.09. The number of aryl methyl sites for hydroxylation is 2. The average Bonchev–Trinajstić information content (AvgIpc) is 3.19. The SMILES string of the molecule is CCc1nn(C)c(NCC2(N3CCOCC3)CCSC2)c1[N+](=O)[O-]. The number of nitrogens with one attached hydrogen (secondary N) is 1. The predicted molar refractivity (Wildman–Crippen MR) is 94.8 cm³/mol. The molecule has 0 radical (unpaired) electrons. The van der Waals surface area contributed by atoms with Gasteiger partial charge < -0.3 is 10.1 Å². The van der Waals surface area contributed by atoms with E-state index in [1.165, 1.54) is 0 Å². The van der Waals surface area contributed by atoms with Crippen molar-refractivity contribution in [2.24, 2.45) is 7.05 Å². The first-order valence-corrected chi connectivity index (χ1v) is 9.57. The molecular formula is C15H25N5O3S. The van der Waals surface area contributed by atoms with Gasteiger partial charge in [0.1, 0.15) is 5.69 Å². The van der Waals surface area contributed by atoms with Crippen molar-refractivity contribution in [2.75, 3.05) is 49.7 Å². The summed E-state index contributed by atoms with van der Waals surface area (Å²) in [7, 11) is 1.76. The molecule has 8 nitrogen and oxygen atoms in total. The number of nitrogens with zero attached hydrogens (tertiary/aromatic N) is 4. The van der Waals surface area contributed by atoms with E-state index in [1.54, 1.807) is 11.7 Å². The molecule has 2 aliphatic heterocycles. The fourth-order valence-electron chi connectivity index (χ4n) is 3.58. The van der Waals surface area contributed by atoms with E-state index in [4.69, 9.17) is 4.74 Å². The van der Waals surface area contributed by atoms with Crippen LogP contribution in [0.2, 0.25) is 0 Å². The molecule has 3 rings (SSSR count). The van der Waals surface area contributed by atoms with Gasteiger partial charge in [0.25, 0.3) is 0 Å². The highest BCUT2D eigenvalue weighted by Crippen LogP contribution is 2.36. The molecule has 0 aromatic carbocycles. The molecule has 3 heterocycles. The Balaban J connectivity index is 1.80. The van der Waals surface area contributed by atoms with Crippen molar-refractivity contribution in [3.05, 3.63) is 15.8 Å². The standard InChI is InChI=1S/C15H25N5O3S/c1-3-12-13(20(21)22)14(18(2)17-12)16-10-15(4-9-24-11-15)19-5-7-23-8-6-19/h16H,3-11H2,1-2H3. The number of hydrogen-bond acceptors (Lipinski definition) is 7. The van der Waals surface area contributed by atoms with E-state index in [9.17, 15) is 10.1 Å². The van der Waals surface area contributed by atoms with Gasteiger partial charge in [0.05, 0.1) is 18.1 Å². The van der Waals surface area contributed by atoms with Gasteiger partial charge in [-0.3, -0.25) is 15.0 Å². The van der Waals surface area contributed by atoms with Crippen LogP contribution in [0.4, 0.5) is 11.5 Å². The zero-order valence-electron chi connectivity index (χ0n) is 14.3. The summed E-state index contributed by atoms with van der Waals surface area (Å²) in [6, 6.07) is 0. The minimum Gasteiger partial charge on any atom is -0.379 e. The van der Waals surface area contributed by atoms with Crippen LogP contribution < -0.4 is 5.32 Å². The summed E-state index contributed by atoms with van der Waals surface area (Å²) >= 11 is 1.96. The molecule has 134 valence electrons. The third-order valence-corrected chi connectivity index (χ3v) is 6.19. The maximum atomic E-state index is 11.5. The van der Waals surface area contributed by atoms with Gasteiger partial charge in [-0.25, -0.2) is 4.68 Å². The second-order valence-corrected chi connectivity index (χ2v) is 7.46. The minimum absolute atomic E-state index is 0.0406. The number of aromatic nitrogens is 2. The second-order valence-electron chi connectivity index (χ2n) is 6.36. The molecule has 2 fully saturated rings. The Morgan fingerprint density at radius 1 is 1.46 bits per heavy atom. The predicted octanol–water partition coefficient (Wildman–Crippen LogP) is 1.51. The second kappa shape index (κ2) is 7.28. The van der Waals surface area contributed by atoms with Crippen LogP contribution in [0.15, 0.2) is 0 Å². The highest BCUT2D eigenvalue weighted by Gasteiger charge is 2.41. The van der Waals surface area contributed by atoms with E-state index in [-0.39, 0.29) is 16.1 Å². The smallest absolute Gasteiger partial charge is 0.333 e. The number of thioether (sulfide) groups is 1. The number of anilines is 1. The van der Waals surface area contributed by atoms with Crippen molar-refractivity contribution in [1.29, 1.82) is 0 Å². The van der Waals surface area contributed by atoms with Crippen LogP contribution in [0.25, 0.3) is 0 Å². The largest absolute Gasteiger partial charge is 0.379 e. The van der Waals surface area contributed by atoms with Crippen LogP contribution >= 0.6 is 11.8 Å². The maximum Gasteiger partial charge on any atom is 0.333 e. The first kappa shape index (κ1) is 17.5. The topological polar surface area (TPSA) is 85.5 Å². The third-order valence-electron chi connectivity index (χ3n) is 4.96. The molecule has 1 unspecified atom stereocenters. The average molecular weight is 355 g/mol. The Labute approximate surface area is 146 Å². The van der Waals surface area contributed by atoms with Crippen LogP contribution in [0, 0.1) is 10.1 Å². The van der Waals surface area contributed by atoms with Crippen LogP contribution in [0.1, 0.15) is 19.0 Å². The zero-order valence-corrected chi connectivity index (χ0v) is 15.1. The molecule has 1 atom stereocenters. The number of nitro groups is 1. The molecule has 1 aromatic heterocycles. The molecule has 1 aromatic rings. The summed E-state index contributed by atoms with van der Waals surface area (Å²) in [5.74, 6) is 2.69. The Morgan fingerprint density at radius 2 is 2.21 bits per heavy atom. The van der Waals surface area contributed by atoms with Crippen LogP contribution in [-0.2, 0) is 18.2 Å². The lowest BCUT2D eigenvalue weighted by molar-refractivity contribution is -0.384. The molecule has 2 saturated heterocycles. The van der Waals surface area contributed by atoms with E-state index in [2.05, 4.69) is 15.3 Å². The fraction of sp³-hybridized carbons (Fsp3) is 0.800. The molecule has 2 aliphatic rings. The molecule has 1 N–H and O–H groups in total. The van der Waals surface area contributed by atoms with Gasteiger partial charge in [0.2, 0.25) is 5.82 Å². The quantitative estimate of drug-likeness (QED) is 0.611. The van der Waals surface area contributed by atoms with E-state index in [0.717, 1.165) is 44.2 Å². The first-order valence-electron chi connectivity index (χ1n) is 8.42. The Bertz CT molecular complexity index is 594. The van der Waals surface area contributed by atoms with Gasteiger partial charge in [0.15, 0.2) is 0 Å². The lowest BCUT2D eigenvalue weighted by atomic mass is 9.95. The highest BCUT2D eigenvalue weighted by atomic mass is 32.2. The van der Waals surface area contributed by atoms with Gasteiger partial charge in [-0.15, -0.1) is 0 Å². The van der Waals surface area contributed by atoms with Gasteiger partial charge in [-0.05, 0) is 18.6 Å². The van der Waals surface area contributed by atoms with Gasteiger partial charge in [-0.2, -0.15) is 16.9 Å². The van der Waals surface area contributed by atoms with Gasteiger partial charge in [-0.1, -0.05) is 6.92 Å². The van der Waals surface area contributed by atoms with Crippen LogP contribution in [-0.4, -0.2) is 69.5 Å². The van der Waals surface area contributed by atoms with Crippen molar-refractivity contribution in [3.63, 3.8) is 0 Å². The molecule has 0 spiro atoms. The molecule has 0 saturated carbocycles. The van der Waals surface area contributed by atoms with Crippen LogP contribution in [0.3, 0.4) is 0 Å². The Morgan fingerprint density at radius 3 is 2.79 bits per heavy atom. The maximum absolute atomic E-state index is 11.5. The zero-order chi connectivity index (χ0) is 17.2. The van der Waals surface area contributed by atoms with Crippen LogP contribution in [0.5, 0.6) is 0 Å². The lowest BCUT2D eigenvalue weighted by Gasteiger charge is -2.43. The Hall–Kier alpha value is -1.32. The molecule has 0 bridgehead atoms. The van der Waals surface area contributed by atoms with Crippen molar-refractivity contribution < 1.29 is 9.66 Å². The fourth-order valence-corrected chi connectivity index (χ4v) is 5.06. The summed E-state index contributed by atoms with van der Waals surface area (Å²) in [6.07, 6.45) is 1.65. The first-order chi connectivity index (χ1) is 11.6. The molecule has 0 aliphatic carbocycles. The molecule has 24 heavy (non-hydrogen) atoms. The van der Waals surface area contributed by atoms with E-state index < -0.39 is 0 Å². The number of morpholine rings is 1. The number of rotatable bonds is 6. The molecule has 9 heteroatoms. The Kier molecular flexibility index (Phi) is 5.31. The van der Waals surface area contributed by atoms with Crippen molar-refractivity contribution >= 4 is 23.3 Å². The normalized spacial score (nSPS) is 25.1. The summed E-state index contributed by atoms with van der Waals surface area (Å²) in [5, 5.41) is 19.1. The summed E-state index contributed by atoms with van der Waals surface area (Å²) in [5.41, 5.74) is 0.688. The minimum atomic E-state index is -0.320. The lowest BCUT2D eigenvalue weighted by Crippen LogP contribution is -2.57. The van der Waals surface area contributed by atoms with Crippen molar-refractivity contribution in [2.45, 2.75) is 25.3 Å². The molecule has 0 amide bonds. The van der Waals surface area contributed by atoms with Gasteiger partial charge in [0, 0.05) is 38.0 Å². The van der Waals surface area contributed by atoms with E-state index in [1.807, 2.05) is 18.7 Å². The van der Waals surface area contributed by atoms with Crippen molar-refractivity contribution in [3.8, 4) is 0 Å². The summed E-state index contributed by atoms with van der Waals surface area (Å²) in [4.78, 5) is 13.6. The third kappa shape index (κ3) is 3.25. The summed E-state index contributed by atoms with van der Waals surface area (Å²) in [6.45, 7) is 5.97. The van der Waals surface area contributed by atoms with Gasteiger partial charge >= 0.3 is 5.69 Å². The highest BCUT2D eigenvalue weighted by molar-refractivity contribution is 7.99. The van der Waals surface area contributed by atoms with Crippen molar-refractivity contribution in [1.82, 2.24) is 14.7 Å². The monoisotopic (exact) mass is 355 g/mol.